The zero-order valence-electron chi connectivity index (χ0n) is 16.6. The summed E-state index contributed by atoms with van der Waals surface area (Å²) >= 11 is 0. The smallest absolute Gasteiger partial charge is 0.352 e. The highest BCUT2D eigenvalue weighted by Crippen LogP contribution is 2.29. The van der Waals surface area contributed by atoms with E-state index in [-0.39, 0.29) is 48.4 Å². The van der Waals surface area contributed by atoms with Gasteiger partial charge in [0.15, 0.2) is 5.96 Å². The number of benzene rings is 1. The molecule has 0 radical (unpaired) electrons. The standard InChI is InChI=1S/C20H25F3N4O.HI/c1-14(2)18(28)27-11-9-17(13-27)26-19(24-3)25-10-5-7-15-6-4-8-16(12-15)20(21,22)23;/h4,6,8,12,14,17H,9-11,13H2,1-3H3,(H2,24,25,26);1H. The maximum Gasteiger partial charge on any atom is 0.416 e. The van der Waals surface area contributed by atoms with E-state index in [0.29, 0.717) is 24.6 Å². The number of likely N-dealkylation sites (tertiary alicyclic amines) is 1. The number of alkyl halides is 3. The first-order valence-corrected chi connectivity index (χ1v) is 9.12. The molecule has 0 spiro atoms. The lowest BCUT2D eigenvalue weighted by Gasteiger charge is -2.20. The van der Waals surface area contributed by atoms with Crippen LogP contribution in [-0.4, -0.2) is 49.5 Å². The molecule has 1 amide bonds. The minimum atomic E-state index is -4.38. The van der Waals surface area contributed by atoms with Crippen molar-refractivity contribution in [2.24, 2.45) is 10.9 Å². The molecule has 1 heterocycles. The summed E-state index contributed by atoms with van der Waals surface area (Å²) in [5, 5.41) is 6.26. The summed E-state index contributed by atoms with van der Waals surface area (Å²) in [6.45, 7) is 5.32. The molecule has 1 unspecified atom stereocenters. The number of rotatable bonds is 3. The third kappa shape index (κ3) is 7.76. The van der Waals surface area contributed by atoms with E-state index >= 15 is 0 Å². The second-order valence-corrected chi connectivity index (χ2v) is 6.87. The van der Waals surface area contributed by atoms with E-state index in [4.69, 9.17) is 0 Å². The van der Waals surface area contributed by atoms with Gasteiger partial charge in [0.1, 0.15) is 0 Å². The van der Waals surface area contributed by atoms with E-state index in [1.807, 2.05) is 18.7 Å². The van der Waals surface area contributed by atoms with E-state index in [2.05, 4.69) is 27.5 Å². The van der Waals surface area contributed by atoms with E-state index < -0.39 is 11.7 Å². The molecule has 2 rings (SSSR count). The quantitative estimate of drug-likeness (QED) is 0.278. The lowest BCUT2D eigenvalue weighted by atomic mass is 10.1. The maximum absolute atomic E-state index is 12.7. The number of nitrogens with zero attached hydrogens (tertiary/aromatic N) is 2. The van der Waals surface area contributed by atoms with Crippen LogP contribution < -0.4 is 10.6 Å². The van der Waals surface area contributed by atoms with Crippen LogP contribution in [-0.2, 0) is 11.0 Å². The van der Waals surface area contributed by atoms with Gasteiger partial charge >= 0.3 is 6.18 Å². The average Bonchev–Trinajstić information content (AvgIpc) is 3.11. The van der Waals surface area contributed by atoms with Crippen LogP contribution in [0.4, 0.5) is 13.2 Å². The number of nitrogens with one attached hydrogen (secondary N) is 2. The molecule has 0 bridgehead atoms. The highest BCUT2D eigenvalue weighted by atomic mass is 127. The normalized spacial score (nSPS) is 16.7. The first-order chi connectivity index (χ1) is 13.2. The van der Waals surface area contributed by atoms with Crippen LogP contribution in [0.3, 0.4) is 0 Å². The number of amides is 1. The fourth-order valence-electron chi connectivity index (χ4n) is 2.88. The topological polar surface area (TPSA) is 56.7 Å². The first-order valence-electron chi connectivity index (χ1n) is 9.12. The van der Waals surface area contributed by atoms with Gasteiger partial charge in [-0.05, 0) is 24.6 Å². The number of halogens is 4. The van der Waals surface area contributed by atoms with Gasteiger partial charge in [0.2, 0.25) is 5.91 Å². The average molecular weight is 522 g/mol. The van der Waals surface area contributed by atoms with E-state index in [1.165, 1.54) is 12.1 Å². The van der Waals surface area contributed by atoms with Gasteiger partial charge in [-0.2, -0.15) is 13.2 Å². The summed E-state index contributed by atoms with van der Waals surface area (Å²) in [4.78, 5) is 18.0. The number of hydrogen-bond acceptors (Lipinski definition) is 2. The SMILES string of the molecule is CN=C(NCC#Cc1cccc(C(F)(F)F)c1)NC1CCN(C(=O)C(C)C)C1.I. The molecule has 0 aliphatic carbocycles. The Hall–Kier alpha value is -1.96. The highest BCUT2D eigenvalue weighted by molar-refractivity contribution is 14.0. The molecule has 1 aromatic rings. The lowest BCUT2D eigenvalue weighted by Crippen LogP contribution is -2.45. The van der Waals surface area contributed by atoms with E-state index in [9.17, 15) is 18.0 Å². The molecule has 9 heteroatoms. The summed E-state index contributed by atoms with van der Waals surface area (Å²) in [6, 6.07) is 5.02. The minimum absolute atomic E-state index is 0. The van der Waals surface area contributed by atoms with Crippen LogP contribution in [0.2, 0.25) is 0 Å². The van der Waals surface area contributed by atoms with Gasteiger partial charge in [-0.1, -0.05) is 31.8 Å². The summed E-state index contributed by atoms with van der Waals surface area (Å²) in [5.41, 5.74) is -0.412. The van der Waals surface area contributed by atoms with E-state index in [0.717, 1.165) is 18.6 Å². The Labute approximate surface area is 186 Å². The Morgan fingerprint density at radius 1 is 1.38 bits per heavy atom. The van der Waals surface area contributed by atoms with Crippen molar-refractivity contribution in [3.05, 3.63) is 35.4 Å². The van der Waals surface area contributed by atoms with Crippen molar-refractivity contribution in [2.75, 3.05) is 26.7 Å². The molecule has 1 fully saturated rings. The van der Waals surface area contributed by atoms with Crippen LogP contribution in [0.1, 0.15) is 31.4 Å². The van der Waals surface area contributed by atoms with Gasteiger partial charge in [-0.15, -0.1) is 24.0 Å². The molecular formula is C20H26F3IN4O. The van der Waals surface area contributed by atoms with Gasteiger partial charge in [-0.25, -0.2) is 0 Å². The van der Waals surface area contributed by atoms with Gasteiger partial charge in [0, 0.05) is 37.7 Å². The predicted molar refractivity (Wildman–Crippen MR) is 118 cm³/mol. The Bertz CT molecular complexity index is 784. The summed E-state index contributed by atoms with van der Waals surface area (Å²) < 4.78 is 38.1. The van der Waals surface area contributed by atoms with Gasteiger partial charge in [0.05, 0.1) is 12.1 Å². The zero-order valence-corrected chi connectivity index (χ0v) is 19.0. The Morgan fingerprint density at radius 3 is 2.72 bits per heavy atom. The van der Waals surface area contributed by atoms with Crippen molar-refractivity contribution in [1.82, 2.24) is 15.5 Å². The maximum atomic E-state index is 12.7. The second-order valence-electron chi connectivity index (χ2n) is 6.87. The van der Waals surface area contributed by atoms with Crippen LogP contribution in [0.5, 0.6) is 0 Å². The summed E-state index contributed by atoms with van der Waals surface area (Å²) in [6.07, 6.45) is -3.55. The van der Waals surface area contributed by atoms with Crippen molar-refractivity contribution in [1.29, 1.82) is 0 Å². The number of carbonyl (C=O) groups excluding carboxylic acids is 1. The molecule has 160 valence electrons. The molecule has 1 saturated heterocycles. The molecule has 2 N–H and O–H groups in total. The summed E-state index contributed by atoms with van der Waals surface area (Å²) in [5.74, 6) is 6.17. The molecule has 29 heavy (non-hydrogen) atoms. The molecular weight excluding hydrogens is 496 g/mol. The minimum Gasteiger partial charge on any atom is -0.352 e. The van der Waals surface area contributed by atoms with Crippen molar-refractivity contribution in [3.63, 3.8) is 0 Å². The molecule has 5 nitrogen and oxygen atoms in total. The van der Waals surface area contributed by atoms with Crippen LogP contribution in [0, 0.1) is 17.8 Å². The molecule has 1 aliphatic heterocycles. The molecule has 0 aromatic heterocycles. The fraction of sp³-hybridized carbons (Fsp3) is 0.500. The van der Waals surface area contributed by atoms with Crippen molar-refractivity contribution in [3.8, 4) is 11.8 Å². The third-order valence-corrected chi connectivity index (χ3v) is 4.33. The van der Waals surface area contributed by atoms with Gasteiger partial charge in [-0.3, -0.25) is 9.79 Å². The van der Waals surface area contributed by atoms with E-state index in [1.54, 1.807) is 7.05 Å². The Morgan fingerprint density at radius 2 is 2.10 bits per heavy atom. The molecule has 0 saturated carbocycles. The van der Waals surface area contributed by atoms with Crippen molar-refractivity contribution in [2.45, 2.75) is 32.5 Å². The largest absolute Gasteiger partial charge is 0.416 e. The van der Waals surface area contributed by atoms with Crippen molar-refractivity contribution >= 4 is 35.8 Å². The Kier molecular flexibility index (Phi) is 9.76. The molecule has 1 aromatic carbocycles. The Balaban J connectivity index is 0.00000420. The highest BCUT2D eigenvalue weighted by Gasteiger charge is 2.30. The second kappa shape index (κ2) is 11.3. The van der Waals surface area contributed by atoms with Gasteiger partial charge < -0.3 is 15.5 Å². The number of aliphatic imine (C=N–C) groups is 1. The van der Waals surface area contributed by atoms with Crippen LogP contribution in [0.15, 0.2) is 29.3 Å². The zero-order chi connectivity index (χ0) is 20.7. The predicted octanol–water partition coefficient (Wildman–Crippen LogP) is 3.10. The lowest BCUT2D eigenvalue weighted by molar-refractivity contribution is -0.137. The third-order valence-electron chi connectivity index (χ3n) is 4.33. The monoisotopic (exact) mass is 522 g/mol. The number of guanidine groups is 1. The van der Waals surface area contributed by atoms with Crippen molar-refractivity contribution < 1.29 is 18.0 Å². The number of hydrogen-bond donors (Lipinski definition) is 2. The number of carbonyl (C=O) groups is 1. The molecule has 1 atom stereocenters. The van der Waals surface area contributed by atoms with Gasteiger partial charge in [0.25, 0.3) is 0 Å². The van der Waals surface area contributed by atoms with Crippen LogP contribution in [0.25, 0.3) is 0 Å². The summed E-state index contributed by atoms with van der Waals surface area (Å²) in [7, 11) is 1.63. The molecule has 1 aliphatic rings. The van der Waals surface area contributed by atoms with Crippen LogP contribution >= 0.6 is 24.0 Å². The fourth-order valence-corrected chi connectivity index (χ4v) is 2.88. The first kappa shape index (κ1) is 25.1.